The van der Waals surface area contributed by atoms with E-state index < -0.39 is 11.9 Å². The fourth-order valence-electron chi connectivity index (χ4n) is 1.85. The number of rotatable bonds is 3. The number of carbonyl (C=O) groups is 2. The third kappa shape index (κ3) is 2.47. The van der Waals surface area contributed by atoms with E-state index in [4.69, 9.17) is 5.11 Å². The summed E-state index contributed by atoms with van der Waals surface area (Å²) in [6.45, 7) is 6.64. The van der Waals surface area contributed by atoms with Gasteiger partial charge in [0.1, 0.15) is 0 Å². The Balaban J connectivity index is 2.69. The van der Waals surface area contributed by atoms with Gasteiger partial charge in [-0.1, -0.05) is 6.92 Å². The Bertz CT molecular complexity index is 267. The molecule has 1 aliphatic heterocycles. The van der Waals surface area contributed by atoms with Gasteiger partial charge in [0.2, 0.25) is 5.91 Å². The van der Waals surface area contributed by atoms with Crippen LogP contribution in [-0.4, -0.2) is 47.1 Å². The second-order valence-electron chi connectivity index (χ2n) is 4.07. The van der Waals surface area contributed by atoms with E-state index in [0.717, 1.165) is 0 Å². The maximum Gasteiger partial charge on any atom is 0.307 e. The molecule has 0 aromatic heterocycles. The van der Waals surface area contributed by atoms with Crippen LogP contribution in [0.2, 0.25) is 0 Å². The number of carboxylic acids is 1. The zero-order valence-electron chi connectivity index (χ0n) is 9.36. The summed E-state index contributed by atoms with van der Waals surface area (Å²) >= 11 is 0. The molecule has 0 aromatic rings. The first-order valence-corrected chi connectivity index (χ1v) is 5.21. The van der Waals surface area contributed by atoms with Gasteiger partial charge in [-0.05, 0) is 13.8 Å². The van der Waals surface area contributed by atoms with Gasteiger partial charge in [-0.3, -0.25) is 14.5 Å². The van der Waals surface area contributed by atoms with Crippen LogP contribution in [0.1, 0.15) is 20.8 Å². The fraction of sp³-hybridized carbons (Fsp3) is 0.800. The van der Waals surface area contributed by atoms with Gasteiger partial charge >= 0.3 is 5.97 Å². The van der Waals surface area contributed by atoms with Gasteiger partial charge < -0.3 is 10.4 Å². The summed E-state index contributed by atoms with van der Waals surface area (Å²) < 4.78 is 0. The van der Waals surface area contributed by atoms with Crippen molar-refractivity contribution in [2.24, 2.45) is 5.92 Å². The molecule has 15 heavy (non-hydrogen) atoms. The highest BCUT2D eigenvalue weighted by Gasteiger charge is 2.33. The standard InChI is InChI=1S/C10H18N2O3/c1-6(10(14)15)7(2)12-5-4-11-9(13)8(12)3/h6-8H,4-5H2,1-3H3,(H,11,13)(H,14,15). The van der Waals surface area contributed by atoms with Gasteiger partial charge in [0, 0.05) is 19.1 Å². The van der Waals surface area contributed by atoms with Crippen LogP contribution in [-0.2, 0) is 9.59 Å². The maximum absolute atomic E-state index is 11.4. The highest BCUT2D eigenvalue weighted by atomic mass is 16.4. The largest absolute Gasteiger partial charge is 0.481 e. The van der Waals surface area contributed by atoms with Crippen molar-refractivity contribution in [3.8, 4) is 0 Å². The van der Waals surface area contributed by atoms with Crippen molar-refractivity contribution in [1.29, 1.82) is 0 Å². The zero-order valence-corrected chi connectivity index (χ0v) is 9.36. The number of piperazine rings is 1. The Morgan fingerprint density at radius 2 is 2.20 bits per heavy atom. The minimum Gasteiger partial charge on any atom is -0.481 e. The van der Waals surface area contributed by atoms with E-state index in [0.29, 0.717) is 13.1 Å². The van der Waals surface area contributed by atoms with Crippen LogP contribution >= 0.6 is 0 Å². The van der Waals surface area contributed by atoms with Crippen LogP contribution in [0.15, 0.2) is 0 Å². The molecule has 3 atom stereocenters. The van der Waals surface area contributed by atoms with Crippen LogP contribution in [0.5, 0.6) is 0 Å². The lowest BCUT2D eigenvalue weighted by Gasteiger charge is -2.38. The van der Waals surface area contributed by atoms with Gasteiger partial charge in [-0.25, -0.2) is 0 Å². The maximum atomic E-state index is 11.4. The van der Waals surface area contributed by atoms with Crippen molar-refractivity contribution in [2.45, 2.75) is 32.9 Å². The van der Waals surface area contributed by atoms with Crippen LogP contribution < -0.4 is 5.32 Å². The molecular formula is C10H18N2O3. The molecule has 5 nitrogen and oxygen atoms in total. The number of nitrogens with zero attached hydrogens (tertiary/aromatic N) is 1. The monoisotopic (exact) mass is 214 g/mol. The number of aliphatic carboxylic acids is 1. The zero-order chi connectivity index (χ0) is 11.6. The van der Waals surface area contributed by atoms with E-state index >= 15 is 0 Å². The second kappa shape index (κ2) is 4.61. The van der Waals surface area contributed by atoms with E-state index in [9.17, 15) is 9.59 Å². The molecule has 2 N–H and O–H groups in total. The van der Waals surface area contributed by atoms with Crippen molar-refractivity contribution in [3.63, 3.8) is 0 Å². The van der Waals surface area contributed by atoms with Crippen LogP contribution in [0, 0.1) is 5.92 Å². The lowest BCUT2D eigenvalue weighted by molar-refractivity contribution is -0.145. The molecule has 0 aliphatic carbocycles. The molecule has 0 saturated carbocycles. The molecule has 1 saturated heterocycles. The topological polar surface area (TPSA) is 69.6 Å². The Labute approximate surface area is 89.4 Å². The number of carbonyl (C=O) groups excluding carboxylic acids is 1. The third-order valence-electron chi connectivity index (χ3n) is 3.18. The normalized spacial score (nSPS) is 26.9. The summed E-state index contributed by atoms with van der Waals surface area (Å²) in [5.41, 5.74) is 0. The van der Waals surface area contributed by atoms with Gasteiger partial charge in [0.05, 0.1) is 12.0 Å². The predicted octanol–water partition coefficient (Wildman–Crippen LogP) is -0.0841. The van der Waals surface area contributed by atoms with Crippen LogP contribution in [0.25, 0.3) is 0 Å². The average molecular weight is 214 g/mol. The number of hydrogen-bond donors (Lipinski definition) is 2. The SMILES string of the molecule is CC(C(=O)O)C(C)N1CCNC(=O)C1C. The quantitative estimate of drug-likeness (QED) is 0.689. The van der Waals surface area contributed by atoms with Crippen LogP contribution in [0.4, 0.5) is 0 Å². The molecule has 1 aliphatic rings. The Morgan fingerprint density at radius 3 is 2.73 bits per heavy atom. The minimum atomic E-state index is -0.819. The van der Waals surface area contributed by atoms with Gasteiger partial charge in [-0.2, -0.15) is 0 Å². The Morgan fingerprint density at radius 1 is 1.60 bits per heavy atom. The molecule has 5 heteroatoms. The summed E-state index contributed by atoms with van der Waals surface area (Å²) in [5.74, 6) is -1.30. The fourth-order valence-corrected chi connectivity index (χ4v) is 1.85. The first-order valence-electron chi connectivity index (χ1n) is 5.21. The first-order chi connectivity index (χ1) is 6.95. The Hall–Kier alpha value is -1.10. The predicted molar refractivity (Wildman–Crippen MR) is 55.4 cm³/mol. The molecule has 1 fully saturated rings. The summed E-state index contributed by atoms with van der Waals surface area (Å²) in [4.78, 5) is 24.2. The van der Waals surface area contributed by atoms with E-state index in [1.807, 2.05) is 11.8 Å². The molecule has 86 valence electrons. The van der Waals surface area contributed by atoms with Gasteiger partial charge in [0.25, 0.3) is 0 Å². The third-order valence-corrected chi connectivity index (χ3v) is 3.18. The highest BCUT2D eigenvalue weighted by molar-refractivity contribution is 5.82. The number of hydrogen-bond acceptors (Lipinski definition) is 3. The van der Waals surface area contributed by atoms with E-state index in [1.165, 1.54) is 0 Å². The van der Waals surface area contributed by atoms with Crippen molar-refractivity contribution in [3.05, 3.63) is 0 Å². The smallest absolute Gasteiger partial charge is 0.307 e. The molecular weight excluding hydrogens is 196 g/mol. The average Bonchev–Trinajstić information content (AvgIpc) is 2.20. The molecule has 0 spiro atoms. The molecule has 0 bridgehead atoms. The molecule has 0 radical (unpaired) electrons. The summed E-state index contributed by atoms with van der Waals surface area (Å²) in [7, 11) is 0. The van der Waals surface area contributed by atoms with Crippen molar-refractivity contribution in [1.82, 2.24) is 10.2 Å². The second-order valence-corrected chi connectivity index (χ2v) is 4.07. The first kappa shape index (κ1) is 12.0. The lowest BCUT2D eigenvalue weighted by Crippen LogP contribution is -2.58. The minimum absolute atomic E-state index is 0.0225. The summed E-state index contributed by atoms with van der Waals surface area (Å²) in [6, 6.07) is -0.362. The Kier molecular flexibility index (Phi) is 3.68. The lowest BCUT2D eigenvalue weighted by atomic mass is 9.99. The molecule has 1 rings (SSSR count). The number of nitrogens with one attached hydrogen (secondary N) is 1. The number of carboxylic acid groups (broad SMARTS) is 1. The van der Waals surface area contributed by atoms with Crippen molar-refractivity contribution < 1.29 is 14.7 Å². The van der Waals surface area contributed by atoms with Gasteiger partial charge in [-0.15, -0.1) is 0 Å². The molecule has 0 aromatic carbocycles. The van der Waals surface area contributed by atoms with Crippen molar-refractivity contribution in [2.75, 3.05) is 13.1 Å². The molecule has 1 amide bonds. The van der Waals surface area contributed by atoms with Gasteiger partial charge in [0.15, 0.2) is 0 Å². The van der Waals surface area contributed by atoms with Crippen LogP contribution in [0.3, 0.4) is 0 Å². The highest BCUT2D eigenvalue weighted by Crippen LogP contribution is 2.16. The van der Waals surface area contributed by atoms with E-state index in [2.05, 4.69) is 5.32 Å². The molecule has 1 heterocycles. The van der Waals surface area contributed by atoms with E-state index in [1.54, 1.807) is 13.8 Å². The molecule has 3 unspecified atom stereocenters. The van der Waals surface area contributed by atoms with E-state index in [-0.39, 0.29) is 18.0 Å². The summed E-state index contributed by atoms with van der Waals surface area (Å²) in [6.07, 6.45) is 0. The summed E-state index contributed by atoms with van der Waals surface area (Å²) in [5, 5.41) is 11.7. The van der Waals surface area contributed by atoms with Crippen molar-refractivity contribution >= 4 is 11.9 Å². The number of amides is 1.